The van der Waals surface area contributed by atoms with E-state index in [-0.39, 0.29) is 17.7 Å². The van der Waals surface area contributed by atoms with Crippen LogP contribution in [0.2, 0.25) is 0 Å². The summed E-state index contributed by atoms with van der Waals surface area (Å²) in [6, 6.07) is 0. The van der Waals surface area contributed by atoms with Crippen molar-refractivity contribution in [1.82, 2.24) is 20.9 Å². The van der Waals surface area contributed by atoms with Gasteiger partial charge < -0.3 is 20.9 Å². The summed E-state index contributed by atoms with van der Waals surface area (Å²) < 4.78 is 0. The minimum absolute atomic E-state index is 0.198. The Morgan fingerprint density at radius 2 is 1.88 bits per heavy atom. The lowest BCUT2D eigenvalue weighted by Crippen LogP contribution is -2.42. The zero-order valence-electron chi connectivity index (χ0n) is 16.2. The zero-order valence-corrected chi connectivity index (χ0v) is 16.2. The van der Waals surface area contributed by atoms with Crippen molar-refractivity contribution in [1.29, 1.82) is 0 Å². The molecule has 7 heteroatoms. The Morgan fingerprint density at radius 1 is 1.12 bits per heavy atom. The predicted octanol–water partition coefficient (Wildman–Crippen LogP) is 1.25. The average Bonchev–Trinajstić information content (AvgIpc) is 3.07. The van der Waals surface area contributed by atoms with Gasteiger partial charge in [0.15, 0.2) is 5.96 Å². The van der Waals surface area contributed by atoms with Gasteiger partial charge in [-0.1, -0.05) is 19.3 Å². The van der Waals surface area contributed by atoms with Crippen molar-refractivity contribution in [2.45, 2.75) is 58.3 Å². The highest BCUT2D eigenvalue weighted by atomic mass is 16.2. The molecule has 0 aromatic carbocycles. The number of carbonyl (C=O) groups is 2. The van der Waals surface area contributed by atoms with Gasteiger partial charge in [-0.05, 0) is 32.6 Å². The molecule has 2 amide bonds. The van der Waals surface area contributed by atoms with Crippen molar-refractivity contribution < 1.29 is 9.59 Å². The monoisotopic (exact) mass is 365 g/mol. The van der Waals surface area contributed by atoms with E-state index in [0.717, 1.165) is 51.3 Å². The number of amides is 2. The molecule has 2 aliphatic rings. The number of carbonyl (C=O) groups excluding carboxylic acids is 2. The first-order valence-corrected chi connectivity index (χ1v) is 10.3. The second kappa shape index (κ2) is 11.8. The highest BCUT2D eigenvalue weighted by Crippen LogP contribution is 2.23. The molecule has 0 aromatic rings. The van der Waals surface area contributed by atoms with Crippen LogP contribution in [0.15, 0.2) is 4.99 Å². The van der Waals surface area contributed by atoms with Crippen LogP contribution in [-0.4, -0.2) is 61.9 Å². The van der Waals surface area contributed by atoms with Gasteiger partial charge in [0.2, 0.25) is 11.8 Å². The van der Waals surface area contributed by atoms with Gasteiger partial charge in [0.25, 0.3) is 0 Å². The van der Waals surface area contributed by atoms with Crippen LogP contribution in [0.3, 0.4) is 0 Å². The van der Waals surface area contributed by atoms with Crippen molar-refractivity contribution in [3.63, 3.8) is 0 Å². The van der Waals surface area contributed by atoms with E-state index in [0.29, 0.717) is 26.1 Å². The molecule has 0 spiro atoms. The molecule has 0 bridgehead atoms. The number of guanidine groups is 1. The van der Waals surface area contributed by atoms with E-state index in [9.17, 15) is 9.59 Å². The van der Waals surface area contributed by atoms with Crippen molar-refractivity contribution in [3.05, 3.63) is 0 Å². The summed E-state index contributed by atoms with van der Waals surface area (Å²) in [5.74, 6) is 1.45. The van der Waals surface area contributed by atoms with E-state index in [1.54, 1.807) is 0 Å². The van der Waals surface area contributed by atoms with Gasteiger partial charge in [-0.2, -0.15) is 0 Å². The maximum absolute atomic E-state index is 12.1. The van der Waals surface area contributed by atoms with Crippen LogP contribution in [0.4, 0.5) is 0 Å². The number of hydrogen-bond donors (Lipinski definition) is 3. The topological polar surface area (TPSA) is 85.8 Å². The molecule has 0 radical (unpaired) electrons. The summed E-state index contributed by atoms with van der Waals surface area (Å²) in [4.78, 5) is 30.2. The minimum atomic E-state index is 0.198. The normalized spacial score (nSPS) is 18.9. The van der Waals surface area contributed by atoms with Crippen LogP contribution in [0, 0.1) is 5.92 Å². The molecule has 2 fully saturated rings. The van der Waals surface area contributed by atoms with Crippen LogP contribution in [-0.2, 0) is 9.59 Å². The molecular weight excluding hydrogens is 330 g/mol. The van der Waals surface area contributed by atoms with Gasteiger partial charge in [-0.25, -0.2) is 0 Å². The second-order valence-electron chi connectivity index (χ2n) is 7.15. The number of hydrogen-bond acceptors (Lipinski definition) is 3. The zero-order chi connectivity index (χ0) is 18.6. The van der Waals surface area contributed by atoms with Gasteiger partial charge in [-0.15, -0.1) is 0 Å². The van der Waals surface area contributed by atoms with E-state index in [1.807, 2.05) is 11.8 Å². The molecule has 148 valence electrons. The summed E-state index contributed by atoms with van der Waals surface area (Å²) in [6.45, 7) is 6.47. The van der Waals surface area contributed by atoms with E-state index in [2.05, 4.69) is 20.9 Å². The fourth-order valence-corrected chi connectivity index (χ4v) is 3.61. The smallest absolute Gasteiger partial charge is 0.223 e. The Kier molecular flexibility index (Phi) is 9.28. The third kappa shape index (κ3) is 7.22. The van der Waals surface area contributed by atoms with Gasteiger partial charge in [-0.3, -0.25) is 14.6 Å². The number of nitrogens with zero attached hydrogens (tertiary/aromatic N) is 2. The van der Waals surface area contributed by atoms with E-state index < -0.39 is 0 Å². The molecule has 0 unspecified atom stereocenters. The third-order valence-electron chi connectivity index (χ3n) is 5.06. The maximum atomic E-state index is 12.1. The van der Waals surface area contributed by atoms with Crippen LogP contribution in [0.25, 0.3) is 0 Å². The van der Waals surface area contributed by atoms with E-state index >= 15 is 0 Å². The fraction of sp³-hybridized carbons (Fsp3) is 0.842. The molecule has 1 aliphatic carbocycles. The lowest BCUT2D eigenvalue weighted by molar-refractivity contribution is -0.128. The third-order valence-corrected chi connectivity index (χ3v) is 5.06. The van der Waals surface area contributed by atoms with Gasteiger partial charge in [0, 0.05) is 51.6 Å². The Labute approximate surface area is 157 Å². The van der Waals surface area contributed by atoms with Crippen molar-refractivity contribution in [2.75, 3.05) is 39.3 Å². The molecule has 0 aromatic heterocycles. The molecule has 3 N–H and O–H groups in total. The molecule has 2 rings (SSSR count). The number of rotatable bonds is 9. The van der Waals surface area contributed by atoms with Gasteiger partial charge in [0.1, 0.15) is 0 Å². The molecule has 26 heavy (non-hydrogen) atoms. The molecule has 1 saturated heterocycles. The van der Waals surface area contributed by atoms with Crippen LogP contribution < -0.4 is 16.0 Å². The Bertz CT molecular complexity index is 475. The second-order valence-corrected chi connectivity index (χ2v) is 7.15. The highest BCUT2D eigenvalue weighted by molar-refractivity contribution is 5.80. The summed E-state index contributed by atoms with van der Waals surface area (Å²) in [6.07, 6.45) is 8.23. The summed E-state index contributed by atoms with van der Waals surface area (Å²) in [5.41, 5.74) is 0. The fourth-order valence-electron chi connectivity index (χ4n) is 3.61. The SMILES string of the molecule is CCNC(=NCCCN1CCCC1=O)NCCNC(=O)C1CCCCC1. The van der Waals surface area contributed by atoms with Crippen LogP contribution in [0.1, 0.15) is 58.3 Å². The van der Waals surface area contributed by atoms with Crippen molar-refractivity contribution in [3.8, 4) is 0 Å². The quantitative estimate of drug-likeness (QED) is 0.326. The highest BCUT2D eigenvalue weighted by Gasteiger charge is 2.20. The first-order valence-electron chi connectivity index (χ1n) is 10.3. The molecular formula is C19H35N5O2. The first-order chi connectivity index (χ1) is 12.7. The Hall–Kier alpha value is -1.79. The first kappa shape index (κ1) is 20.5. The van der Waals surface area contributed by atoms with Gasteiger partial charge >= 0.3 is 0 Å². The summed E-state index contributed by atoms with van der Waals surface area (Å²) in [7, 11) is 0. The minimum Gasteiger partial charge on any atom is -0.357 e. The molecule has 1 aliphatic heterocycles. The van der Waals surface area contributed by atoms with Crippen molar-refractivity contribution >= 4 is 17.8 Å². The number of aliphatic imine (C=N–C) groups is 1. The maximum Gasteiger partial charge on any atom is 0.223 e. The molecule has 1 saturated carbocycles. The lowest BCUT2D eigenvalue weighted by Gasteiger charge is -2.21. The molecule has 0 atom stereocenters. The summed E-state index contributed by atoms with van der Waals surface area (Å²) in [5, 5.41) is 9.51. The molecule has 1 heterocycles. The Balaban J connectivity index is 1.60. The predicted molar refractivity (Wildman–Crippen MR) is 104 cm³/mol. The van der Waals surface area contributed by atoms with Gasteiger partial charge in [0.05, 0.1) is 0 Å². The Morgan fingerprint density at radius 3 is 2.58 bits per heavy atom. The van der Waals surface area contributed by atoms with E-state index in [4.69, 9.17) is 0 Å². The van der Waals surface area contributed by atoms with Crippen molar-refractivity contribution in [2.24, 2.45) is 10.9 Å². The van der Waals surface area contributed by atoms with Crippen LogP contribution in [0.5, 0.6) is 0 Å². The number of nitrogens with one attached hydrogen (secondary N) is 3. The number of likely N-dealkylation sites (tertiary alicyclic amines) is 1. The molecule has 7 nitrogen and oxygen atoms in total. The summed E-state index contributed by atoms with van der Waals surface area (Å²) >= 11 is 0. The van der Waals surface area contributed by atoms with E-state index in [1.165, 1.54) is 19.3 Å². The van der Waals surface area contributed by atoms with Crippen LogP contribution >= 0.6 is 0 Å². The standard InChI is InChI=1S/C19H35N5O2/c1-2-20-19(22-11-7-15-24-14-6-10-17(24)25)23-13-12-21-18(26)16-8-4-3-5-9-16/h16H,2-15H2,1H3,(H,21,26)(H2,20,22,23). The largest absolute Gasteiger partial charge is 0.357 e. The average molecular weight is 366 g/mol. The lowest BCUT2D eigenvalue weighted by atomic mass is 9.89.